The molecule has 0 aromatic carbocycles. The maximum absolute atomic E-state index is 12.5. The Hall–Kier alpha value is -1.54. The Labute approximate surface area is 130 Å². The van der Waals surface area contributed by atoms with Gasteiger partial charge in [-0.15, -0.1) is 5.10 Å². The van der Waals surface area contributed by atoms with Gasteiger partial charge in [-0.1, -0.05) is 0 Å². The number of carbonyl (C=O) groups is 1. The van der Waals surface area contributed by atoms with Crippen LogP contribution in [0.25, 0.3) is 0 Å². The molecule has 0 unspecified atom stereocenters. The molecular formula is C14H24N6O2. The summed E-state index contributed by atoms with van der Waals surface area (Å²) in [5.41, 5.74) is 0. The predicted molar refractivity (Wildman–Crippen MR) is 79.0 cm³/mol. The maximum Gasteiger partial charge on any atom is 0.227 e. The molecule has 1 aromatic heterocycles. The van der Waals surface area contributed by atoms with Crippen molar-refractivity contribution in [2.75, 3.05) is 39.9 Å². The molecule has 0 aliphatic carbocycles. The van der Waals surface area contributed by atoms with E-state index in [0.717, 1.165) is 52.0 Å². The van der Waals surface area contributed by atoms with E-state index < -0.39 is 0 Å². The van der Waals surface area contributed by atoms with Crippen LogP contribution in [0.5, 0.6) is 0 Å². The Bertz CT molecular complexity index is 480. The molecule has 1 aromatic rings. The van der Waals surface area contributed by atoms with Gasteiger partial charge in [-0.3, -0.25) is 4.79 Å². The molecule has 8 nitrogen and oxygen atoms in total. The lowest BCUT2D eigenvalue weighted by Gasteiger charge is -2.35. The molecule has 3 aliphatic rings. The van der Waals surface area contributed by atoms with Crippen LogP contribution in [0.2, 0.25) is 0 Å². The van der Waals surface area contributed by atoms with E-state index in [0.29, 0.717) is 18.6 Å². The van der Waals surface area contributed by atoms with Crippen molar-refractivity contribution in [3.8, 4) is 0 Å². The van der Waals surface area contributed by atoms with Gasteiger partial charge in [0.1, 0.15) is 6.33 Å². The van der Waals surface area contributed by atoms with Crippen LogP contribution in [0, 0.1) is 5.92 Å². The van der Waals surface area contributed by atoms with Crippen LogP contribution in [-0.2, 0) is 16.1 Å². The Morgan fingerprint density at radius 1 is 1.27 bits per heavy atom. The number of fused-ring (bicyclic) bond motifs is 4. The van der Waals surface area contributed by atoms with E-state index in [4.69, 9.17) is 4.74 Å². The molecule has 2 atom stereocenters. The third-order valence-electron chi connectivity index (χ3n) is 4.66. The van der Waals surface area contributed by atoms with Crippen LogP contribution >= 0.6 is 0 Å². The van der Waals surface area contributed by atoms with Gasteiger partial charge in [0, 0.05) is 45.9 Å². The molecule has 3 saturated heterocycles. The molecule has 3 fully saturated rings. The van der Waals surface area contributed by atoms with Crippen LogP contribution in [-0.4, -0.2) is 81.9 Å². The summed E-state index contributed by atoms with van der Waals surface area (Å²) in [4.78, 5) is 17.0. The zero-order valence-electron chi connectivity index (χ0n) is 13.1. The van der Waals surface area contributed by atoms with Crippen molar-refractivity contribution in [2.45, 2.75) is 31.8 Å². The smallest absolute Gasteiger partial charge is 0.227 e. The summed E-state index contributed by atoms with van der Waals surface area (Å²) in [6, 6.07) is 0.342. The van der Waals surface area contributed by atoms with Crippen molar-refractivity contribution in [2.24, 2.45) is 5.92 Å². The van der Waals surface area contributed by atoms with E-state index in [1.54, 1.807) is 18.1 Å². The first kappa shape index (κ1) is 15.4. The first-order valence-electron chi connectivity index (χ1n) is 8.00. The summed E-state index contributed by atoms with van der Waals surface area (Å²) >= 11 is 0. The first-order chi connectivity index (χ1) is 10.8. The molecule has 1 amide bonds. The summed E-state index contributed by atoms with van der Waals surface area (Å²) in [5, 5.41) is 11.2. The third kappa shape index (κ3) is 3.44. The minimum absolute atomic E-state index is 0.156. The van der Waals surface area contributed by atoms with Gasteiger partial charge in [0.05, 0.1) is 12.5 Å². The number of tetrazole rings is 1. The zero-order chi connectivity index (χ0) is 15.4. The molecule has 122 valence electrons. The lowest BCUT2D eigenvalue weighted by molar-refractivity contribution is -0.140. The predicted octanol–water partition coefficient (Wildman–Crippen LogP) is -0.368. The highest BCUT2D eigenvalue weighted by atomic mass is 16.5. The van der Waals surface area contributed by atoms with Gasteiger partial charge >= 0.3 is 0 Å². The number of aryl methyl sites for hydroxylation is 1. The SMILES string of the molecule is COCCN1C(=O)[C@H]2CC[C@@H]1CN(CCCn1cnnn1)C2. The fourth-order valence-corrected chi connectivity index (χ4v) is 3.53. The van der Waals surface area contributed by atoms with E-state index in [9.17, 15) is 4.79 Å². The van der Waals surface area contributed by atoms with Crippen LogP contribution in [0.3, 0.4) is 0 Å². The number of nitrogens with zero attached hydrogens (tertiary/aromatic N) is 6. The summed E-state index contributed by atoms with van der Waals surface area (Å²) in [5.74, 6) is 0.472. The maximum atomic E-state index is 12.5. The largest absolute Gasteiger partial charge is 0.383 e. The second kappa shape index (κ2) is 7.15. The monoisotopic (exact) mass is 308 g/mol. The topological polar surface area (TPSA) is 76.4 Å². The number of amides is 1. The number of rotatable bonds is 7. The van der Waals surface area contributed by atoms with Crippen LogP contribution < -0.4 is 0 Å². The van der Waals surface area contributed by atoms with Gasteiger partial charge in [0.2, 0.25) is 5.91 Å². The molecule has 4 rings (SSSR count). The summed E-state index contributed by atoms with van der Waals surface area (Å²) in [7, 11) is 1.69. The number of ether oxygens (including phenoxy) is 1. The Morgan fingerprint density at radius 3 is 2.95 bits per heavy atom. The van der Waals surface area contributed by atoms with Crippen molar-refractivity contribution < 1.29 is 9.53 Å². The van der Waals surface area contributed by atoms with Crippen molar-refractivity contribution in [3.05, 3.63) is 6.33 Å². The Kier molecular flexibility index (Phi) is 4.99. The number of hydrogen-bond donors (Lipinski definition) is 0. The van der Waals surface area contributed by atoms with Crippen LogP contribution in [0.15, 0.2) is 6.33 Å². The normalized spacial score (nSPS) is 25.7. The van der Waals surface area contributed by atoms with Crippen LogP contribution in [0.4, 0.5) is 0 Å². The molecular weight excluding hydrogens is 284 g/mol. The summed E-state index contributed by atoms with van der Waals surface area (Å²) < 4.78 is 6.90. The number of carbonyl (C=O) groups excluding carboxylic acids is 1. The minimum atomic E-state index is 0.156. The van der Waals surface area contributed by atoms with Crippen molar-refractivity contribution in [1.82, 2.24) is 30.0 Å². The number of methoxy groups -OCH3 is 1. The van der Waals surface area contributed by atoms with Crippen molar-refractivity contribution in [3.63, 3.8) is 0 Å². The lowest BCUT2D eigenvalue weighted by Crippen LogP contribution is -2.49. The average molecular weight is 308 g/mol. The average Bonchev–Trinajstić information content (AvgIpc) is 2.89. The van der Waals surface area contributed by atoms with Crippen LogP contribution in [0.1, 0.15) is 19.3 Å². The van der Waals surface area contributed by atoms with E-state index in [-0.39, 0.29) is 5.92 Å². The van der Waals surface area contributed by atoms with Gasteiger partial charge in [-0.2, -0.15) is 0 Å². The fraction of sp³-hybridized carbons (Fsp3) is 0.857. The highest BCUT2D eigenvalue weighted by molar-refractivity contribution is 5.80. The van der Waals surface area contributed by atoms with Crippen molar-refractivity contribution in [1.29, 1.82) is 0 Å². The van der Waals surface area contributed by atoms with Gasteiger partial charge in [0.15, 0.2) is 0 Å². The standard InChI is InChI=1S/C14H24N6O2/c1-22-8-7-20-13-4-3-12(14(20)21)9-18(10-13)5-2-6-19-11-15-16-17-19/h11-13H,2-10H2,1H3/t12-,13+/m0/s1. The highest BCUT2D eigenvalue weighted by Gasteiger charge is 2.39. The van der Waals surface area contributed by atoms with Gasteiger partial charge in [0.25, 0.3) is 0 Å². The minimum Gasteiger partial charge on any atom is -0.383 e. The zero-order valence-corrected chi connectivity index (χ0v) is 13.1. The van der Waals surface area contributed by atoms with E-state index in [2.05, 4.69) is 20.4 Å². The Balaban J connectivity index is 1.54. The molecule has 8 heteroatoms. The molecule has 0 radical (unpaired) electrons. The fourth-order valence-electron chi connectivity index (χ4n) is 3.53. The number of hydrogen-bond acceptors (Lipinski definition) is 6. The second-order valence-electron chi connectivity index (χ2n) is 6.14. The van der Waals surface area contributed by atoms with Gasteiger partial charge in [-0.05, 0) is 29.7 Å². The molecule has 4 heterocycles. The second-order valence-corrected chi connectivity index (χ2v) is 6.14. The highest BCUT2D eigenvalue weighted by Crippen LogP contribution is 2.28. The third-order valence-corrected chi connectivity index (χ3v) is 4.66. The quantitative estimate of drug-likeness (QED) is 0.684. The molecule has 22 heavy (non-hydrogen) atoms. The molecule has 2 bridgehead atoms. The molecule has 0 N–H and O–H groups in total. The number of aromatic nitrogens is 4. The van der Waals surface area contributed by atoms with E-state index >= 15 is 0 Å². The summed E-state index contributed by atoms with van der Waals surface area (Å²) in [6.45, 7) is 5.00. The van der Waals surface area contributed by atoms with E-state index in [1.807, 2.05) is 4.90 Å². The number of piperidine rings is 1. The van der Waals surface area contributed by atoms with E-state index in [1.165, 1.54) is 0 Å². The van der Waals surface area contributed by atoms with Gasteiger partial charge in [-0.25, -0.2) is 4.68 Å². The molecule has 0 spiro atoms. The lowest BCUT2D eigenvalue weighted by atomic mass is 9.94. The van der Waals surface area contributed by atoms with Gasteiger partial charge < -0.3 is 14.5 Å². The summed E-state index contributed by atoms with van der Waals surface area (Å²) in [6.07, 6.45) is 4.78. The Morgan fingerprint density at radius 2 is 2.18 bits per heavy atom. The molecule has 0 saturated carbocycles. The first-order valence-corrected chi connectivity index (χ1v) is 8.00. The molecule has 3 aliphatic heterocycles. The van der Waals surface area contributed by atoms with Crippen molar-refractivity contribution >= 4 is 5.91 Å².